The zero-order chi connectivity index (χ0) is 14.4. The maximum atomic E-state index is 4.54. The minimum absolute atomic E-state index is 0.745. The zero-order valence-corrected chi connectivity index (χ0v) is 14.1. The van der Waals surface area contributed by atoms with E-state index in [9.17, 15) is 0 Å². The van der Waals surface area contributed by atoms with Crippen LogP contribution in [0, 0.1) is 0 Å². The lowest BCUT2D eigenvalue weighted by Gasteiger charge is -2.17. The fraction of sp³-hybridized carbons (Fsp3) is 0.294. The molecule has 0 heterocycles. The van der Waals surface area contributed by atoms with Gasteiger partial charge in [0.15, 0.2) is 0 Å². The number of benzene rings is 2. The Morgan fingerprint density at radius 1 is 0.750 bits per heavy atom. The van der Waals surface area contributed by atoms with Crippen LogP contribution < -0.4 is 0 Å². The summed E-state index contributed by atoms with van der Waals surface area (Å²) in [7, 11) is 0. The summed E-state index contributed by atoms with van der Waals surface area (Å²) in [6, 6.07) is 15.0. The Hall–Kier alpha value is -0.510. The Morgan fingerprint density at radius 3 is 2.05 bits per heavy atom. The van der Waals surface area contributed by atoms with Gasteiger partial charge in [-0.2, -0.15) is 37.9 Å². The molecule has 3 heteroatoms. The molecule has 0 saturated carbocycles. The Balaban J connectivity index is 2.49. The normalized spacial score (nSPS) is 10.8. The molecule has 0 aliphatic carbocycles. The maximum absolute atomic E-state index is 4.54. The molecule has 0 aliphatic rings. The maximum Gasteiger partial charge on any atom is 0.0163 e. The summed E-state index contributed by atoms with van der Waals surface area (Å²) >= 11 is 13.4. The van der Waals surface area contributed by atoms with Crippen molar-refractivity contribution in [1.29, 1.82) is 0 Å². The number of thiol groups is 3. The number of rotatable bonds is 6. The minimum atomic E-state index is 0.745. The first-order valence-electron chi connectivity index (χ1n) is 6.83. The van der Waals surface area contributed by atoms with Crippen LogP contribution in [0.15, 0.2) is 42.5 Å². The van der Waals surface area contributed by atoms with E-state index in [1.54, 1.807) is 0 Å². The van der Waals surface area contributed by atoms with Gasteiger partial charge in [0.25, 0.3) is 0 Å². The van der Waals surface area contributed by atoms with E-state index < -0.39 is 0 Å². The van der Waals surface area contributed by atoms with E-state index in [1.165, 1.54) is 27.8 Å². The van der Waals surface area contributed by atoms with E-state index >= 15 is 0 Å². The Bertz CT molecular complexity index is 550. The Morgan fingerprint density at radius 2 is 1.45 bits per heavy atom. The van der Waals surface area contributed by atoms with Gasteiger partial charge in [0.1, 0.15) is 0 Å². The summed E-state index contributed by atoms with van der Waals surface area (Å²) < 4.78 is 0. The largest absolute Gasteiger partial charge is 0.179 e. The Labute approximate surface area is 138 Å². The topological polar surface area (TPSA) is 0 Å². The molecule has 0 atom stereocenters. The van der Waals surface area contributed by atoms with Gasteiger partial charge >= 0.3 is 0 Å². The van der Waals surface area contributed by atoms with Gasteiger partial charge in [-0.1, -0.05) is 42.5 Å². The summed E-state index contributed by atoms with van der Waals surface area (Å²) in [5.74, 6) is 2.43. The summed E-state index contributed by atoms with van der Waals surface area (Å²) in [5, 5.41) is 0. The van der Waals surface area contributed by atoms with Gasteiger partial charge < -0.3 is 0 Å². The highest BCUT2D eigenvalue weighted by atomic mass is 32.1. The van der Waals surface area contributed by atoms with Crippen molar-refractivity contribution in [2.24, 2.45) is 0 Å². The smallest absolute Gasteiger partial charge is 0.0163 e. The van der Waals surface area contributed by atoms with Gasteiger partial charge in [-0.3, -0.25) is 0 Å². The Kier molecular flexibility index (Phi) is 6.40. The van der Waals surface area contributed by atoms with Crippen LogP contribution in [0.4, 0.5) is 0 Å². The molecule has 2 aromatic carbocycles. The van der Waals surface area contributed by atoms with E-state index in [4.69, 9.17) is 0 Å². The van der Waals surface area contributed by atoms with E-state index in [-0.39, 0.29) is 0 Å². The fourth-order valence-electron chi connectivity index (χ4n) is 2.51. The standard InChI is InChI=1S/C17H20S3/c18-10-4-7-14-8-9-15(13-5-2-1-3-6-13)17(12-20)16(14)11-19/h1-3,5-6,8-9,18-20H,4,7,10-12H2. The van der Waals surface area contributed by atoms with Crippen LogP contribution in [0.25, 0.3) is 11.1 Å². The van der Waals surface area contributed by atoms with E-state index in [2.05, 4.69) is 74.3 Å². The van der Waals surface area contributed by atoms with E-state index in [0.717, 1.165) is 30.1 Å². The lowest BCUT2D eigenvalue weighted by molar-refractivity contribution is 0.921. The molecular formula is C17H20S3. The molecule has 106 valence electrons. The molecule has 2 aromatic rings. The molecule has 0 unspecified atom stereocenters. The molecule has 0 nitrogen and oxygen atoms in total. The molecule has 20 heavy (non-hydrogen) atoms. The van der Waals surface area contributed by atoms with Crippen molar-refractivity contribution >= 4 is 37.9 Å². The summed E-state index contributed by atoms with van der Waals surface area (Å²) in [4.78, 5) is 0. The van der Waals surface area contributed by atoms with Gasteiger partial charge in [0.05, 0.1) is 0 Å². The molecule has 0 saturated heterocycles. The summed E-state index contributed by atoms with van der Waals surface area (Å²) in [6.45, 7) is 0. The molecule has 0 N–H and O–H groups in total. The molecule has 0 aliphatic heterocycles. The van der Waals surface area contributed by atoms with Gasteiger partial charge in [-0.05, 0) is 46.4 Å². The monoisotopic (exact) mass is 320 g/mol. The van der Waals surface area contributed by atoms with Gasteiger partial charge in [0.2, 0.25) is 0 Å². The second kappa shape index (κ2) is 8.06. The average Bonchev–Trinajstić information content (AvgIpc) is 2.52. The predicted molar refractivity (Wildman–Crippen MR) is 99.4 cm³/mol. The second-order valence-corrected chi connectivity index (χ2v) is 5.82. The lowest BCUT2D eigenvalue weighted by Crippen LogP contribution is -2.00. The van der Waals surface area contributed by atoms with Crippen LogP contribution in [-0.4, -0.2) is 5.75 Å². The molecular weight excluding hydrogens is 300 g/mol. The van der Waals surface area contributed by atoms with Crippen LogP contribution in [0.1, 0.15) is 23.1 Å². The van der Waals surface area contributed by atoms with Crippen molar-refractivity contribution < 1.29 is 0 Å². The third-order valence-electron chi connectivity index (χ3n) is 3.53. The minimum Gasteiger partial charge on any atom is -0.179 e. The van der Waals surface area contributed by atoms with Crippen molar-refractivity contribution in [3.8, 4) is 11.1 Å². The van der Waals surface area contributed by atoms with Crippen molar-refractivity contribution in [3.05, 3.63) is 59.2 Å². The van der Waals surface area contributed by atoms with E-state index in [0.29, 0.717) is 0 Å². The van der Waals surface area contributed by atoms with Crippen LogP contribution >= 0.6 is 37.9 Å². The average molecular weight is 321 g/mol. The quantitative estimate of drug-likeness (QED) is 0.608. The van der Waals surface area contributed by atoms with Gasteiger partial charge in [-0.15, -0.1) is 0 Å². The first-order chi connectivity index (χ1) is 9.81. The molecule has 0 spiro atoms. The van der Waals surface area contributed by atoms with Crippen molar-refractivity contribution in [1.82, 2.24) is 0 Å². The highest BCUT2D eigenvalue weighted by Gasteiger charge is 2.12. The second-order valence-electron chi connectivity index (χ2n) is 4.74. The highest BCUT2D eigenvalue weighted by molar-refractivity contribution is 7.80. The third-order valence-corrected chi connectivity index (χ3v) is 4.48. The highest BCUT2D eigenvalue weighted by Crippen LogP contribution is 2.31. The van der Waals surface area contributed by atoms with Crippen LogP contribution in [0.3, 0.4) is 0 Å². The molecule has 0 amide bonds. The first-order valence-corrected chi connectivity index (χ1v) is 8.73. The lowest BCUT2D eigenvalue weighted by atomic mass is 9.92. The zero-order valence-electron chi connectivity index (χ0n) is 11.4. The predicted octanol–water partition coefficient (Wildman–Crippen LogP) is 5.08. The van der Waals surface area contributed by atoms with Crippen molar-refractivity contribution in [2.75, 3.05) is 5.75 Å². The van der Waals surface area contributed by atoms with Crippen molar-refractivity contribution in [2.45, 2.75) is 24.3 Å². The molecule has 0 radical (unpaired) electrons. The number of hydrogen-bond acceptors (Lipinski definition) is 3. The molecule has 0 aromatic heterocycles. The van der Waals surface area contributed by atoms with E-state index in [1.807, 2.05) is 6.07 Å². The SMILES string of the molecule is SCCCc1ccc(-c2ccccc2)c(CS)c1CS. The summed E-state index contributed by atoms with van der Waals surface area (Å²) in [6.07, 6.45) is 2.16. The van der Waals surface area contributed by atoms with Crippen molar-refractivity contribution in [3.63, 3.8) is 0 Å². The van der Waals surface area contributed by atoms with Crippen LogP contribution in [-0.2, 0) is 17.9 Å². The fourth-order valence-corrected chi connectivity index (χ4v) is 3.42. The molecule has 2 rings (SSSR count). The summed E-state index contributed by atoms with van der Waals surface area (Å²) in [5.41, 5.74) is 6.56. The van der Waals surface area contributed by atoms with Crippen LogP contribution in [0.5, 0.6) is 0 Å². The molecule has 0 bridgehead atoms. The van der Waals surface area contributed by atoms with Crippen LogP contribution in [0.2, 0.25) is 0 Å². The number of hydrogen-bond donors (Lipinski definition) is 3. The van der Waals surface area contributed by atoms with Gasteiger partial charge in [0, 0.05) is 11.5 Å². The van der Waals surface area contributed by atoms with Gasteiger partial charge in [-0.25, -0.2) is 0 Å². The molecule has 0 fully saturated rings. The third kappa shape index (κ3) is 3.57. The number of aryl methyl sites for hydroxylation is 1. The first kappa shape index (κ1) is 15.9.